The fraction of sp³-hybridized carbons (Fsp3) is 0.115. The zero-order valence-electron chi connectivity index (χ0n) is 15.9. The van der Waals surface area contributed by atoms with E-state index in [0.29, 0.717) is 18.0 Å². The maximum Gasteiger partial charge on any atom is 0.228 e. The van der Waals surface area contributed by atoms with Gasteiger partial charge in [-0.3, -0.25) is 4.79 Å². The lowest BCUT2D eigenvalue weighted by atomic mass is 9.81. The Kier molecular flexibility index (Phi) is 4.57. The van der Waals surface area contributed by atoms with Crippen molar-refractivity contribution >= 4 is 34.0 Å². The van der Waals surface area contributed by atoms with Crippen molar-refractivity contribution in [3.05, 3.63) is 113 Å². The average Bonchev–Trinajstić information content (AvgIpc) is 2.76. The number of fused-ring (bicyclic) bond motifs is 3. The molecule has 4 aromatic rings. The molecule has 0 aliphatic carbocycles. The monoisotopic (exact) mass is 397 g/mol. The smallest absolute Gasteiger partial charge is 0.228 e. The van der Waals surface area contributed by atoms with Gasteiger partial charge in [-0.25, -0.2) is 0 Å². The summed E-state index contributed by atoms with van der Waals surface area (Å²) in [5, 5.41) is 3.07. The highest BCUT2D eigenvalue weighted by atomic mass is 35.5. The molecule has 1 aliphatic rings. The molecule has 142 valence electrons. The fourth-order valence-electron chi connectivity index (χ4n) is 4.37. The van der Waals surface area contributed by atoms with Gasteiger partial charge in [0.25, 0.3) is 0 Å². The van der Waals surface area contributed by atoms with E-state index in [2.05, 4.69) is 48.5 Å². The van der Waals surface area contributed by atoms with E-state index in [1.165, 1.54) is 16.3 Å². The highest BCUT2D eigenvalue weighted by Crippen LogP contribution is 2.45. The van der Waals surface area contributed by atoms with Crippen LogP contribution in [0.15, 0.2) is 91.0 Å². The first kappa shape index (κ1) is 18.0. The van der Waals surface area contributed by atoms with Crippen LogP contribution in [0.4, 0.5) is 5.69 Å². The molecule has 1 atom stereocenters. The number of benzene rings is 4. The van der Waals surface area contributed by atoms with Crippen molar-refractivity contribution in [1.82, 2.24) is 0 Å². The molecular formula is C26H20ClNO. The minimum atomic E-state index is -0.0516. The van der Waals surface area contributed by atoms with Crippen molar-refractivity contribution in [1.29, 1.82) is 0 Å². The van der Waals surface area contributed by atoms with Gasteiger partial charge in [0.1, 0.15) is 0 Å². The van der Waals surface area contributed by atoms with Gasteiger partial charge in [0.2, 0.25) is 5.91 Å². The molecule has 1 heterocycles. The molecule has 3 heteroatoms. The van der Waals surface area contributed by atoms with E-state index in [9.17, 15) is 4.79 Å². The van der Waals surface area contributed by atoms with Crippen molar-refractivity contribution in [2.75, 3.05) is 4.90 Å². The first-order chi connectivity index (χ1) is 14.2. The van der Waals surface area contributed by atoms with Crippen LogP contribution in [0.1, 0.15) is 29.0 Å². The summed E-state index contributed by atoms with van der Waals surface area (Å²) in [4.78, 5) is 15.2. The third-order valence-corrected chi connectivity index (χ3v) is 6.08. The third-order valence-electron chi connectivity index (χ3n) is 5.73. The van der Waals surface area contributed by atoms with Gasteiger partial charge in [0.05, 0.1) is 6.54 Å². The van der Waals surface area contributed by atoms with Crippen LogP contribution in [-0.2, 0) is 11.3 Å². The summed E-state index contributed by atoms with van der Waals surface area (Å²) in [7, 11) is 0. The number of hydrogen-bond donors (Lipinski definition) is 0. The topological polar surface area (TPSA) is 20.3 Å². The Labute approximate surface area is 175 Å². The lowest BCUT2D eigenvalue weighted by Gasteiger charge is -2.35. The van der Waals surface area contributed by atoms with Gasteiger partial charge in [-0.1, -0.05) is 90.5 Å². The molecule has 2 nitrogen and oxygen atoms in total. The van der Waals surface area contributed by atoms with Gasteiger partial charge < -0.3 is 4.90 Å². The summed E-state index contributed by atoms with van der Waals surface area (Å²) in [6, 6.07) is 30.6. The van der Waals surface area contributed by atoms with Crippen LogP contribution in [0.25, 0.3) is 10.8 Å². The van der Waals surface area contributed by atoms with Crippen LogP contribution in [0.5, 0.6) is 0 Å². The number of anilines is 1. The van der Waals surface area contributed by atoms with Crippen LogP contribution >= 0.6 is 11.6 Å². The van der Waals surface area contributed by atoms with E-state index in [0.717, 1.165) is 16.8 Å². The molecule has 0 aromatic heterocycles. The van der Waals surface area contributed by atoms with E-state index in [-0.39, 0.29) is 11.8 Å². The Hall–Kier alpha value is -3.10. The molecule has 0 spiro atoms. The van der Waals surface area contributed by atoms with Gasteiger partial charge >= 0.3 is 0 Å². The second kappa shape index (κ2) is 7.38. The molecule has 0 saturated heterocycles. The lowest BCUT2D eigenvalue weighted by Crippen LogP contribution is -2.36. The lowest BCUT2D eigenvalue weighted by molar-refractivity contribution is -0.119. The largest absolute Gasteiger partial charge is 0.308 e. The highest BCUT2D eigenvalue weighted by molar-refractivity contribution is 6.31. The van der Waals surface area contributed by atoms with Gasteiger partial charge in [-0.2, -0.15) is 0 Å². The molecule has 5 rings (SSSR count). The van der Waals surface area contributed by atoms with Crippen molar-refractivity contribution in [3.8, 4) is 0 Å². The van der Waals surface area contributed by atoms with Crippen molar-refractivity contribution in [3.63, 3.8) is 0 Å². The highest BCUT2D eigenvalue weighted by Gasteiger charge is 2.34. The van der Waals surface area contributed by atoms with Gasteiger partial charge in [0, 0.05) is 23.0 Å². The number of nitrogens with zero attached hydrogens (tertiary/aromatic N) is 1. The average molecular weight is 398 g/mol. The molecule has 0 fully saturated rings. The molecule has 1 amide bonds. The van der Waals surface area contributed by atoms with Crippen molar-refractivity contribution in [2.24, 2.45) is 0 Å². The maximum absolute atomic E-state index is 13.3. The Morgan fingerprint density at radius 2 is 1.55 bits per heavy atom. The van der Waals surface area contributed by atoms with Crippen LogP contribution in [0, 0.1) is 0 Å². The second-order valence-corrected chi connectivity index (χ2v) is 7.87. The van der Waals surface area contributed by atoms with Crippen LogP contribution in [0.3, 0.4) is 0 Å². The standard InChI is InChI=1S/C26H20ClNO/c27-23-13-7-6-12-21(23)22-16-25(29)28(17-18-8-2-1-3-9-18)24-15-14-19-10-4-5-11-20(19)26(22)24/h1-15,22H,16-17H2. The van der Waals surface area contributed by atoms with Crippen LogP contribution in [0.2, 0.25) is 5.02 Å². The maximum atomic E-state index is 13.3. The summed E-state index contributed by atoms with van der Waals surface area (Å²) in [5.74, 6) is 0.0749. The molecule has 0 radical (unpaired) electrons. The SMILES string of the molecule is O=C1CC(c2ccccc2Cl)c2c(ccc3ccccc23)N1Cc1ccccc1. The minimum Gasteiger partial charge on any atom is -0.308 e. The molecule has 4 aromatic carbocycles. The summed E-state index contributed by atoms with van der Waals surface area (Å²) in [6.07, 6.45) is 0.414. The zero-order chi connectivity index (χ0) is 19.8. The molecule has 0 saturated carbocycles. The summed E-state index contributed by atoms with van der Waals surface area (Å²) in [5.41, 5.74) is 4.30. The molecule has 0 N–H and O–H groups in total. The van der Waals surface area contributed by atoms with E-state index < -0.39 is 0 Å². The first-order valence-electron chi connectivity index (χ1n) is 9.83. The summed E-state index contributed by atoms with van der Waals surface area (Å²) < 4.78 is 0. The van der Waals surface area contributed by atoms with Crippen molar-refractivity contribution in [2.45, 2.75) is 18.9 Å². The Morgan fingerprint density at radius 1 is 0.828 bits per heavy atom. The van der Waals surface area contributed by atoms with E-state index in [1.54, 1.807) is 0 Å². The quantitative estimate of drug-likeness (QED) is 0.383. The summed E-state index contributed by atoms with van der Waals surface area (Å²) >= 11 is 6.56. The molecule has 0 bridgehead atoms. The number of amides is 1. The molecule has 1 aliphatic heterocycles. The number of carbonyl (C=O) groups is 1. The third kappa shape index (κ3) is 3.20. The number of carbonyl (C=O) groups excluding carboxylic acids is 1. The van der Waals surface area contributed by atoms with E-state index >= 15 is 0 Å². The number of hydrogen-bond acceptors (Lipinski definition) is 1. The second-order valence-electron chi connectivity index (χ2n) is 7.46. The molecule has 1 unspecified atom stereocenters. The minimum absolute atomic E-state index is 0.0516. The van der Waals surface area contributed by atoms with Crippen LogP contribution in [-0.4, -0.2) is 5.91 Å². The zero-order valence-corrected chi connectivity index (χ0v) is 16.6. The Balaban J connectivity index is 1.71. The number of rotatable bonds is 3. The normalized spacial score (nSPS) is 16.1. The van der Waals surface area contributed by atoms with Gasteiger partial charge in [-0.15, -0.1) is 0 Å². The molecule has 29 heavy (non-hydrogen) atoms. The Bertz CT molecular complexity index is 1200. The fourth-order valence-corrected chi connectivity index (χ4v) is 4.64. The van der Waals surface area contributed by atoms with Gasteiger partial charge in [0.15, 0.2) is 0 Å². The Morgan fingerprint density at radius 3 is 2.38 bits per heavy atom. The predicted molar refractivity (Wildman–Crippen MR) is 119 cm³/mol. The van der Waals surface area contributed by atoms with E-state index in [1.807, 2.05) is 47.4 Å². The van der Waals surface area contributed by atoms with Crippen molar-refractivity contribution < 1.29 is 4.79 Å². The van der Waals surface area contributed by atoms with Gasteiger partial charge in [-0.05, 0) is 39.6 Å². The van der Waals surface area contributed by atoms with Crippen LogP contribution < -0.4 is 4.90 Å². The molecular weight excluding hydrogens is 378 g/mol. The summed E-state index contributed by atoms with van der Waals surface area (Å²) in [6.45, 7) is 0.570. The van der Waals surface area contributed by atoms with E-state index in [4.69, 9.17) is 11.6 Å². The predicted octanol–water partition coefficient (Wildman–Crippen LogP) is 6.56. The number of halogens is 1. The first-order valence-corrected chi connectivity index (χ1v) is 10.2.